The molecule has 0 amide bonds. The molecule has 7 heteroatoms. The number of rotatable bonds is 13. The molecule has 7 atom stereocenters. The maximum absolute atomic E-state index is 11.5. The van der Waals surface area contributed by atoms with Crippen molar-refractivity contribution < 1.29 is 14.0 Å². The van der Waals surface area contributed by atoms with Crippen molar-refractivity contribution in [1.29, 1.82) is 0 Å². The van der Waals surface area contributed by atoms with Gasteiger partial charge in [0, 0.05) is 17.5 Å². The van der Waals surface area contributed by atoms with Crippen molar-refractivity contribution >= 4 is 28.0 Å². The summed E-state index contributed by atoms with van der Waals surface area (Å²) in [4.78, 5) is 6.18. The zero-order valence-corrected chi connectivity index (χ0v) is 39.0. The van der Waals surface area contributed by atoms with E-state index >= 15 is 0 Å². The highest BCUT2D eigenvalue weighted by Crippen LogP contribution is 2.60. The molecule has 1 aromatic heterocycles. The molecule has 4 nitrogen and oxygen atoms in total. The fraction of sp³-hybridized carbons (Fsp3) is 0.761. The molecule has 0 bridgehead atoms. The molecular formula is C46H77NO3SSi2. The molecule has 1 N–H and O–H groups in total. The number of hydrogen-bond acceptors (Lipinski definition) is 5. The Bertz CT molecular complexity index is 1540. The lowest BCUT2D eigenvalue weighted by molar-refractivity contribution is 0.0969. The standard InChI is InChI=1S/C46H77NO3SSi2/c1-15-16-19-37-31-47-42(51-37)46(27-28-46)41(48)25-20-32(2)38-23-24-39-34(18-17-26-45(38,39)10)21-22-35-29-36(49-52(11,12)43(4,5)6)30-40(33(35)3)50-53(13,14)44(7,8)9/h20-22,25,31-32,36,38-41,48H,3,15-19,23-24,26-30H2,1-2,4-14H3/b25-20+,34-21+,35-22-/t32-,36-,38-,39+,40+,41+,45-/m1/s1. The largest absolute Gasteiger partial charge is 0.413 e. The monoisotopic (exact) mass is 780 g/mol. The molecule has 4 aliphatic carbocycles. The van der Waals surface area contributed by atoms with Crippen LogP contribution in [-0.2, 0) is 20.7 Å². The maximum atomic E-state index is 11.5. The smallest absolute Gasteiger partial charge is 0.192 e. The molecular weight excluding hydrogens is 703 g/mol. The van der Waals surface area contributed by atoms with Gasteiger partial charge in [0.05, 0.1) is 23.7 Å². The minimum absolute atomic E-state index is 0.00742. The third-order valence-corrected chi connectivity index (χ3v) is 25.4. The topological polar surface area (TPSA) is 51.6 Å². The van der Waals surface area contributed by atoms with E-state index in [0.717, 1.165) is 37.1 Å². The fourth-order valence-corrected chi connectivity index (χ4v) is 13.2. The quantitative estimate of drug-likeness (QED) is 0.160. The predicted molar refractivity (Wildman–Crippen MR) is 233 cm³/mol. The Morgan fingerprint density at radius 2 is 1.66 bits per heavy atom. The first-order valence-corrected chi connectivity index (χ1v) is 27.9. The van der Waals surface area contributed by atoms with Crippen molar-refractivity contribution in [1.82, 2.24) is 4.98 Å². The first-order chi connectivity index (χ1) is 24.5. The molecule has 298 valence electrons. The first-order valence-electron chi connectivity index (χ1n) is 21.3. The van der Waals surface area contributed by atoms with Crippen LogP contribution in [-0.4, -0.2) is 45.0 Å². The summed E-state index contributed by atoms with van der Waals surface area (Å²) in [6, 6.07) is 0. The average Bonchev–Trinajstić information content (AvgIpc) is 3.58. The van der Waals surface area contributed by atoms with Gasteiger partial charge in [-0.25, -0.2) is 4.98 Å². The molecule has 0 unspecified atom stereocenters. The lowest BCUT2D eigenvalue weighted by atomic mass is 9.61. The van der Waals surface area contributed by atoms with Crippen LogP contribution < -0.4 is 0 Å². The van der Waals surface area contributed by atoms with Crippen molar-refractivity contribution in [2.24, 2.45) is 23.2 Å². The van der Waals surface area contributed by atoms with Gasteiger partial charge in [-0.3, -0.25) is 0 Å². The second-order valence-electron chi connectivity index (χ2n) is 20.9. The Hall–Kier alpha value is -1.10. The number of aromatic nitrogens is 1. The molecule has 0 saturated heterocycles. The van der Waals surface area contributed by atoms with Crippen LogP contribution in [0.2, 0.25) is 36.3 Å². The van der Waals surface area contributed by atoms with Crippen LogP contribution in [0.1, 0.15) is 143 Å². The summed E-state index contributed by atoms with van der Waals surface area (Å²) in [6.07, 6.45) is 24.9. The van der Waals surface area contributed by atoms with E-state index in [-0.39, 0.29) is 33.1 Å². The summed E-state index contributed by atoms with van der Waals surface area (Å²) in [5.74, 6) is 1.67. The van der Waals surface area contributed by atoms with Gasteiger partial charge in [0.15, 0.2) is 16.6 Å². The highest BCUT2D eigenvalue weighted by molar-refractivity contribution is 7.11. The van der Waals surface area contributed by atoms with Crippen LogP contribution in [0.25, 0.3) is 0 Å². The third kappa shape index (κ3) is 9.22. The van der Waals surface area contributed by atoms with E-state index in [1.165, 1.54) is 61.0 Å². The number of thiazole rings is 1. The van der Waals surface area contributed by atoms with E-state index in [0.29, 0.717) is 17.8 Å². The van der Waals surface area contributed by atoms with Crippen LogP contribution >= 0.6 is 11.3 Å². The number of fused-ring (bicyclic) bond motifs is 1. The molecule has 0 aliphatic heterocycles. The van der Waals surface area contributed by atoms with Crippen LogP contribution in [0.3, 0.4) is 0 Å². The minimum Gasteiger partial charge on any atom is -0.413 e. The highest BCUT2D eigenvalue weighted by Gasteiger charge is 2.53. The molecule has 0 spiro atoms. The number of unbranched alkanes of at least 4 members (excludes halogenated alkanes) is 1. The van der Waals surface area contributed by atoms with Crippen LogP contribution in [0, 0.1) is 23.2 Å². The Morgan fingerprint density at radius 3 is 2.28 bits per heavy atom. The molecule has 53 heavy (non-hydrogen) atoms. The van der Waals surface area contributed by atoms with Gasteiger partial charge in [0.1, 0.15) is 5.01 Å². The Morgan fingerprint density at radius 1 is 1.00 bits per heavy atom. The third-order valence-electron chi connectivity index (χ3n) is 15.1. The number of aryl methyl sites for hydroxylation is 1. The van der Waals surface area contributed by atoms with E-state index in [4.69, 9.17) is 20.4 Å². The van der Waals surface area contributed by atoms with Crippen molar-refractivity contribution in [3.63, 3.8) is 0 Å². The minimum atomic E-state index is -2.00. The van der Waals surface area contributed by atoms with Gasteiger partial charge in [-0.2, -0.15) is 0 Å². The molecule has 1 heterocycles. The normalized spacial score (nSPS) is 31.0. The zero-order chi connectivity index (χ0) is 39.2. The van der Waals surface area contributed by atoms with Crippen molar-refractivity contribution in [2.75, 3.05) is 0 Å². The zero-order valence-electron chi connectivity index (χ0n) is 36.2. The Balaban J connectivity index is 1.32. The van der Waals surface area contributed by atoms with E-state index < -0.39 is 22.7 Å². The number of allylic oxidation sites excluding steroid dienone is 4. The van der Waals surface area contributed by atoms with Gasteiger partial charge >= 0.3 is 0 Å². The molecule has 4 saturated carbocycles. The van der Waals surface area contributed by atoms with Crippen molar-refractivity contribution in [3.8, 4) is 0 Å². The molecule has 0 aromatic carbocycles. The van der Waals surface area contributed by atoms with Gasteiger partial charge in [0.25, 0.3) is 0 Å². The summed E-state index contributed by atoms with van der Waals surface area (Å²) < 4.78 is 14.2. The summed E-state index contributed by atoms with van der Waals surface area (Å²) in [5, 5.41) is 13.0. The summed E-state index contributed by atoms with van der Waals surface area (Å²) >= 11 is 1.83. The van der Waals surface area contributed by atoms with Gasteiger partial charge < -0.3 is 14.0 Å². The molecule has 5 rings (SSSR count). The van der Waals surface area contributed by atoms with E-state index in [1.54, 1.807) is 5.57 Å². The first kappa shape index (κ1) is 43.0. The van der Waals surface area contributed by atoms with Gasteiger partial charge in [-0.15, -0.1) is 11.3 Å². The van der Waals surface area contributed by atoms with Crippen LogP contribution in [0.15, 0.2) is 53.8 Å². The van der Waals surface area contributed by atoms with Crippen molar-refractivity contribution in [2.45, 2.75) is 199 Å². The van der Waals surface area contributed by atoms with Crippen LogP contribution in [0.5, 0.6) is 0 Å². The number of aliphatic hydroxyl groups excluding tert-OH is 1. The fourth-order valence-electron chi connectivity index (χ4n) is 9.28. The van der Waals surface area contributed by atoms with Crippen molar-refractivity contribution in [3.05, 3.63) is 63.7 Å². The summed E-state index contributed by atoms with van der Waals surface area (Å²) in [6.45, 7) is 35.5. The molecule has 0 radical (unpaired) electrons. The second-order valence-corrected chi connectivity index (χ2v) is 31.6. The number of hydrogen-bond donors (Lipinski definition) is 1. The SMILES string of the molecule is C=C1/C(=C\C=C2/CCC[C@]3(C)[C@@H]([C@H](C)/C=C/[C@H](O)C4(c5ncc(CCCC)s5)CC4)CC[C@@H]23)C[C@@H](O[Si](C)(C)C(C)(C)C)C[C@@H]1O[Si](C)(C)C(C)(C)C. The van der Waals surface area contributed by atoms with Gasteiger partial charge in [0.2, 0.25) is 0 Å². The van der Waals surface area contributed by atoms with Crippen LogP contribution in [0.4, 0.5) is 0 Å². The van der Waals surface area contributed by atoms with Gasteiger partial charge in [-0.1, -0.05) is 105 Å². The predicted octanol–water partition coefficient (Wildman–Crippen LogP) is 13.3. The lowest BCUT2D eigenvalue weighted by Gasteiger charge is -2.45. The second kappa shape index (κ2) is 16.0. The maximum Gasteiger partial charge on any atom is 0.192 e. The summed E-state index contributed by atoms with van der Waals surface area (Å²) in [7, 11) is -3.96. The Kier molecular flexibility index (Phi) is 13.0. The molecule has 4 fully saturated rings. The van der Waals surface area contributed by atoms with Gasteiger partial charge in [-0.05, 0) is 135 Å². The lowest BCUT2D eigenvalue weighted by Crippen LogP contribution is -2.49. The Labute approximate surface area is 331 Å². The molecule has 1 aromatic rings. The van der Waals surface area contributed by atoms with E-state index in [9.17, 15) is 5.11 Å². The molecule has 4 aliphatic rings. The van der Waals surface area contributed by atoms with E-state index in [2.05, 4.69) is 119 Å². The van der Waals surface area contributed by atoms with E-state index in [1.807, 2.05) is 11.3 Å². The summed E-state index contributed by atoms with van der Waals surface area (Å²) in [5.41, 5.74) is 4.25. The average molecular weight is 780 g/mol. The number of nitrogens with zero attached hydrogens (tertiary/aromatic N) is 1. The number of aliphatic hydroxyl groups is 1. The highest BCUT2D eigenvalue weighted by atomic mass is 32.1.